The van der Waals surface area contributed by atoms with Gasteiger partial charge in [0.2, 0.25) is 5.76 Å². The zero-order valence-electron chi connectivity index (χ0n) is 16.2. The molecule has 158 valence electrons. The third-order valence-electron chi connectivity index (χ3n) is 4.98. The van der Waals surface area contributed by atoms with Crippen molar-refractivity contribution in [3.63, 3.8) is 0 Å². The van der Waals surface area contributed by atoms with Crippen molar-refractivity contribution < 1.29 is 27.1 Å². The van der Waals surface area contributed by atoms with Gasteiger partial charge in [-0.25, -0.2) is 9.78 Å². The molecule has 1 aliphatic rings. The molecule has 31 heavy (non-hydrogen) atoms. The van der Waals surface area contributed by atoms with E-state index in [-0.39, 0.29) is 27.7 Å². The minimum atomic E-state index is -4.68. The molecule has 5 nitrogen and oxygen atoms in total. The maximum absolute atomic E-state index is 14.0. The molecule has 0 saturated carbocycles. The van der Waals surface area contributed by atoms with Crippen molar-refractivity contribution in [2.24, 2.45) is 0 Å². The quantitative estimate of drug-likeness (QED) is 0.396. The Morgan fingerprint density at radius 3 is 2.74 bits per heavy atom. The van der Waals surface area contributed by atoms with Gasteiger partial charge in [0.1, 0.15) is 16.9 Å². The monoisotopic (exact) mass is 444 g/mol. The fourth-order valence-electron chi connectivity index (χ4n) is 3.62. The van der Waals surface area contributed by atoms with Gasteiger partial charge in [-0.1, -0.05) is 36.0 Å². The molecule has 0 radical (unpaired) electrons. The van der Waals surface area contributed by atoms with E-state index in [2.05, 4.69) is 9.72 Å². The summed E-state index contributed by atoms with van der Waals surface area (Å²) in [5, 5.41) is 9.74. The summed E-state index contributed by atoms with van der Waals surface area (Å²) in [7, 11) is 1.21. The third kappa shape index (κ3) is 3.91. The van der Waals surface area contributed by atoms with Gasteiger partial charge in [-0.3, -0.25) is 0 Å². The number of benzene rings is 1. The van der Waals surface area contributed by atoms with Crippen molar-refractivity contribution in [3.8, 4) is 17.2 Å². The first kappa shape index (κ1) is 21.0. The zero-order chi connectivity index (χ0) is 22.2. The molecule has 0 atom stereocenters. The maximum atomic E-state index is 14.0. The predicted octanol–water partition coefficient (Wildman–Crippen LogP) is 5.41. The number of hydrogen-bond acceptors (Lipinski definition) is 6. The first-order valence-corrected chi connectivity index (χ1v) is 10.2. The van der Waals surface area contributed by atoms with Crippen LogP contribution in [0.3, 0.4) is 0 Å². The van der Waals surface area contributed by atoms with E-state index in [1.54, 1.807) is 24.3 Å². The van der Waals surface area contributed by atoms with E-state index in [1.807, 2.05) is 6.07 Å². The predicted molar refractivity (Wildman–Crippen MR) is 106 cm³/mol. The smallest absolute Gasteiger partial charge is 0.434 e. The molecule has 0 unspecified atom stereocenters. The Kier molecular flexibility index (Phi) is 5.50. The summed E-state index contributed by atoms with van der Waals surface area (Å²) in [5.41, 5.74) is 0.762. The second kappa shape index (κ2) is 8.12. The van der Waals surface area contributed by atoms with Gasteiger partial charge in [0, 0.05) is 5.56 Å². The number of esters is 1. The first-order chi connectivity index (χ1) is 14.8. The van der Waals surface area contributed by atoms with E-state index in [9.17, 15) is 23.2 Å². The van der Waals surface area contributed by atoms with Gasteiger partial charge in [-0.15, -0.1) is 0 Å². The number of fused-ring (bicyclic) bond motifs is 3. The molecular formula is C22H15F3N2O3S. The number of aryl methyl sites for hydroxylation is 1. The molecule has 0 spiro atoms. The van der Waals surface area contributed by atoms with Gasteiger partial charge in [0.25, 0.3) is 0 Å². The standard InChI is InChI=1S/C22H15F3N2O3S/c1-29-21(28)17-9-7-13(30-17)11-31-20-16(10-26)15-8-6-12-4-2-3-5-14(12)18(15)19(27-20)22(23,24)25/h2-5,7,9H,6,8,11H2,1H3. The number of thioether (sulfide) groups is 1. The minimum absolute atomic E-state index is 0.00963. The number of rotatable bonds is 4. The number of ether oxygens (including phenoxy) is 1. The number of pyridine rings is 1. The average molecular weight is 444 g/mol. The highest BCUT2D eigenvalue weighted by Gasteiger charge is 2.40. The molecule has 2 aromatic heterocycles. The largest absolute Gasteiger partial charge is 0.463 e. The number of nitrogens with zero attached hydrogens (tertiary/aromatic N) is 2. The number of methoxy groups -OCH3 is 1. The molecule has 9 heteroatoms. The topological polar surface area (TPSA) is 76.1 Å². The number of alkyl halides is 3. The lowest BCUT2D eigenvalue weighted by atomic mass is 9.83. The molecule has 3 aromatic rings. The van der Waals surface area contributed by atoms with Crippen LogP contribution < -0.4 is 0 Å². The summed E-state index contributed by atoms with van der Waals surface area (Å²) < 4.78 is 51.8. The Hall–Kier alpha value is -3.25. The molecule has 0 fully saturated rings. The van der Waals surface area contributed by atoms with Crippen LogP contribution in [0.25, 0.3) is 11.1 Å². The first-order valence-electron chi connectivity index (χ1n) is 9.25. The van der Waals surface area contributed by atoms with E-state index in [4.69, 9.17) is 4.42 Å². The number of furan rings is 1. The van der Waals surface area contributed by atoms with Gasteiger partial charge in [0.05, 0.1) is 18.4 Å². The van der Waals surface area contributed by atoms with Gasteiger partial charge in [-0.05, 0) is 41.7 Å². The summed E-state index contributed by atoms with van der Waals surface area (Å²) >= 11 is 0.962. The fraction of sp³-hybridized carbons (Fsp3) is 0.227. The van der Waals surface area contributed by atoms with E-state index < -0.39 is 17.8 Å². The van der Waals surface area contributed by atoms with Crippen LogP contribution >= 0.6 is 11.8 Å². The van der Waals surface area contributed by atoms with Gasteiger partial charge < -0.3 is 9.15 Å². The summed E-state index contributed by atoms with van der Waals surface area (Å²) in [6.07, 6.45) is -3.81. The van der Waals surface area contributed by atoms with Gasteiger partial charge in [0.15, 0.2) is 5.69 Å². The maximum Gasteiger partial charge on any atom is 0.434 e. The molecule has 0 saturated heterocycles. The van der Waals surface area contributed by atoms with Crippen LogP contribution in [-0.2, 0) is 29.5 Å². The van der Waals surface area contributed by atoms with Gasteiger partial charge >= 0.3 is 12.1 Å². The number of nitriles is 1. The number of aromatic nitrogens is 1. The number of carbonyl (C=O) groups is 1. The van der Waals surface area contributed by atoms with E-state index in [0.29, 0.717) is 29.7 Å². The highest BCUT2D eigenvalue weighted by molar-refractivity contribution is 7.98. The lowest BCUT2D eigenvalue weighted by molar-refractivity contribution is -0.141. The molecule has 0 amide bonds. The summed E-state index contributed by atoms with van der Waals surface area (Å²) in [6.45, 7) is 0. The van der Waals surface area contributed by atoms with Crippen LogP contribution in [0, 0.1) is 11.3 Å². The van der Waals surface area contributed by atoms with Crippen LogP contribution in [0.4, 0.5) is 13.2 Å². The zero-order valence-corrected chi connectivity index (χ0v) is 17.1. The number of halogens is 3. The molecular weight excluding hydrogens is 429 g/mol. The van der Waals surface area contributed by atoms with Gasteiger partial charge in [-0.2, -0.15) is 18.4 Å². The fourth-order valence-corrected chi connectivity index (χ4v) is 4.53. The van der Waals surface area contributed by atoms with E-state index >= 15 is 0 Å². The van der Waals surface area contributed by atoms with Crippen LogP contribution in [-0.4, -0.2) is 18.1 Å². The Morgan fingerprint density at radius 2 is 2.03 bits per heavy atom. The second-order valence-corrected chi connectivity index (χ2v) is 7.77. The van der Waals surface area contributed by atoms with Crippen molar-refractivity contribution in [2.45, 2.75) is 29.8 Å². The van der Waals surface area contributed by atoms with Crippen LogP contribution in [0.5, 0.6) is 0 Å². The van der Waals surface area contributed by atoms with Crippen molar-refractivity contribution in [1.29, 1.82) is 5.26 Å². The Balaban J connectivity index is 1.77. The van der Waals surface area contributed by atoms with Crippen molar-refractivity contribution in [3.05, 3.63) is 70.3 Å². The van der Waals surface area contributed by atoms with Crippen LogP contribution in [0.2, 0.25) is 0 Å². The van der Waals surface area contributed by atoms with E-state index in [0.717, 1.165) is 17.3 Å². The Bertz CT molecular complexity index is 1210. The average Bonchev–Trinajstić information content (AvgIpc) is 3.24. The normalized spacial score (nSPS) is 12.6. The molecule has 1 aromatic carbocycles. The molecule has 0 aliphatic heterocycles. The van der Waals surface area contributed by atoms with Crippen molar-refractivity contribution in [2.75, 3.05) is 7.11 Å². The third-order valence-corrected chi connectivity index (χ3v) is 5.98. The summed E-state index contributed by atoms with van der Waals surface area (Å²) in [6, 6.07) is 11.9. The molecule has 1 aliphatic carbocycles. The van der Waals surface area contributed by atoms with Crippen molar-refractivity contribution in [1.82, 2.24) is 4.98 Å². The molecule has 4 rings (SSSR count). The van der Waals surface area contributed by atoms with Crippen molar-refractivity contribution >= 4 is 17.7 Å². The molecule has 0 N–H and O–H groups in total. The Labute approximate surface area is 179 Å². The van der Waals surface area contributed by atoms with Crippen LogP contribution in [0.15, 0.2) is 45.8 Å². The van der Waals surface area contributed by atoms with Crippen LogP contribution in [0.1, 0.15) is 38.7 Å². The Morgan fingerprint density at radius 1 is 1.26 bits per heavy atom. The highest BCUT2D eigenvalue weighted by atomic mass is 32.2. The molecule has 0 bridgehead atoms. The molecule has 2 heterocycles. The highest BCUT2D eigenvalue weighted by Crippen LogP contribution is 2.45. The lowest BCUT2D eigenvalue weighted by Gasteiger charge is -2.25. The number of hydrogen-bond donors (Lipinski definition) is 0. The number of carbonyl (C=O) groups excluding carboxylic acids is 1. The summed E-state index contributed by atoms with van der Waals surface area (Å²) in [5.74, 6) is -0.207. The second-order valence-electron chi connectivity index (χ2n) is 6.81. The van der Waals surface area contributed by atoms with E-state index in [1.165, 1.54) is 19.2 Å². The summed E-state index contributed by atoms with van der Waals surface area (Å²) in [4.78, 5) is 15.4. The SMILES string of the molecule is COC(=O)c1ccc(CSc2nc(C(F)(F)F)c3c(c2C#N)CCc2ccccc2-3)o1. The minimum Gasteiger partial charge on any atom is -0.463 e. The lowest BCUT2D eigenvalue weighted by Crippen LogP contribution is -2.18.